The molecule has 1 aromatic rings. The first-order valence-corrected chi connectivity index (χ1v) is 4.61. The largest absolute Gasteiger partial charge is 0.370 e. The predicted molar refractivity (Wildman–Crippen MR) is 59.9 cm³/mol. The maximum absolute atomic E-state index is 4.34. The summed E-state index contributed by atoms with van der Waals surface area (Å²) in [6, 6.07) is 4.03. The van der Waals surface area contributed by atoms with E-state index in [4.69, 9.17) is 0 Å². The fourth-order valence-corrected chi connectivity index (χ4v) is 1.39. The van der Waals surface area contributed by atoms with Gasteiger partial charge in [-0.05, 0) is 24.1 Å². The summed E-state index contributed by atoms with van der Waals surface area (Å²) in [6.07, 6.45) is 5.92. The molecule has 0 radical (unpaired) electrons. The van der Waals surface area contributed by atoms with Crippen LogP contribution >= 0.6 is 12.4 Å². The van der Waals surface area contributed by atoms with Gasteiger partial charge < -0.3 is 5.32 Å². The molecule has 3 nitrogen and oxygen atoms in total. The van der Waals surface area contributed by atoms with Crippen molar-refractivity contribution in [2.24, 2.45) is 4.99 Å². The molecule has 1 aliphatic heterocycles. The second-order valence-electron chi connectivity index (χ2n) is 3.14. The number of hydrogen-bond acceptors (Lipinski definition) is 3. The molecule has 0 bridgehead atoms. The fourth-order valence-electron chi connectivity index (χ4n) is 1.39. The topological polar surface area (TPSA) is 37.3 Å². The van der Waals surface area contributed by atoms with Gasteiger partial charge in [0.25, 0.3) is 0 Å². The van der Waals surface area contributed by atoms with Crippen LogP contribution in [0.3, 0.4) is 0 Å². The van der Waals surface area contributed by atoms with Crippen molar-refractivity contribution in [2.45, 2.75) is 19.4 Å². The molecule has 0 saturated heterocycles. The summed E-state index contributed by atoms with van der Waals surface area (Å²) in [6.45, 7) is 1.85. The number of amidine groups is 1. The van der Waals surface area contributed by atoms with Gasteiger partial charge in [0.1, 0.15) is 0 Å². The van der Waals surface area contributed by atoms with E-state index in [2.05, 4.69) is 15.3 Å². The van der Waals surface area contributed by atoms with Gasteiger partial charge in [-0.25, -0.2) is 0 Å². The quantitative estimate of drug-likeness (QED) is 0.810. The van der Waals surface area contributed by atoms with Crippen LogP contribution in [0.4, 0.5) is 0 Å². The van der Waals surface area contributed by atoms with Crippen LogP contribution < -0.4 is 5.32 Å². The van der Waals surface area contributed by atoms with Gasteiger partial charge in [0.05, 0.1) is 5.84 Å². The molecule has 2 heterocycles. The summed E-state index contributed by atoms with van der Waals surface area (Å²) in [5, 5.41) is 3.32. The average molecular weight is 212 g/mol. The van der Waals surface area contributed by atoms with Crippen LogP contribution in [-0.2, 0) is 6.54 Å². The second-order valence-corrected chi connectivity index (χ2v) is 3.14. The third-order valence-corrected chi connectivity index (χ3v) is 2.12. The van der Waals surface area contributed by atoms with E-state index >= 15 is 0 Å². The summed E-state index contributed by atoms with van der Waals surface area (Å²) in [5.74, 6) is 1.15. The highest BCUT2D eigenvalue weighted by Crippen LogP contribution is 2.02. The van der Waals surface area contributed by atoms with Gasteiger partial charge in [-0.2, -0.15) is 0 Å². The Labute approximate surface area is 90.1 Å². The average Bonchev–Trinajstić information content (AvgIpc) is 2.69. The fraction of sp³-hybridized carbons (Fsp3) is 0.400. The highest BCUT2D eigenvalue weighted by atomic mass is 35.5. The monoisotopic (exact) mass is 211 g/mol. The van der Waals surface area contributed by atoms with Crippen LogP contribution in [0.2, 0.25) is 0 Å². The Hall–Kier alpha value is -1.09. The molecule has 0 aliphatic carbocycles. The Morgan fingerprint density at radius 3 is 2.71 bits per heavy atom. The van der Waals surface area contributed by atoms with Crippen LogP contribution in [0.25, 0.3) is 0 Å². The molecule has 0 spiro atoms. The van der Waals surface area contributed by atoms with Crippen LogP contribution in [0.15, 0.2) is 29.5 Å². The van der Waals surface area contributed by atoms with Crippen LogP contribution in [-0.4, -0.2) is 17.4 Å². The third kappa shape index (κ3) is 3.00. The molecule has 0 unspecified atom stereocenters. The van der Waals surface area contributed by atoms with E-state index in [0.29, 0.717) is 0 Å². The van der Waals surface area contributed by atoms with E-state index in [1.807, 2.05) is 24.5 Å². The summed E-state index contributed by atoms with van der Waals surface area (Å²) in [5.41, 5.74) is 1.25. The molecule has 0 atom stereocenters. The van der Waals surface area contributed by atoms with E-state index < -0.39 is 0 Å². The van der Waals surface area contributed by atoms with Crippen LogP contribution in [0.5, 0.6) is 0 Å². The van der Waals surface area contributed by atoms with E-state index in [-0.39, 0.29) is 12.4 Å². The molecule has 1 aliphatic rings. The minimum Gasteiger partial charge on any atom is -0.370 e. The number of nitrogens with one attached hydrogen (secondary N) is 1. The van der Waals surface area contributed by atoms with Crippen molar-refractivity contribution in [1.29, 1.82) is 0 Å². The van der Waals surface area contributed by atoms with E-state index in [0.717, 1.165) is 25.3 Å². The molecule has 4 heteroatoms. The minimum absolute atomic E-state index is 0. The van der Waals surface area contributed by atoms with Gasteiger partial charge in [-0.1, -0.05) is 0 Å². The predicted octanol–water partition coefficient (Wildman–Crippen LogP) is 1.79. The van der Waals surface area contributed by atoms with Crippen molar-refractivity contribution in [2.75, 3.05) is 6.54 Å². The van der Waals surface area contributed by atoms with Gasteiger partial charge in [0.15, 0.2) is 0 Å². The van der Waals surface area contributed by atoms with Gasteiger partial charge in [-0.15, -0.1) is 12.4 Å². The molecule has 1 aromatic heterocycles. The summed E-state index contributed by atoms with van der Waals surface area (Å²) >= 11 is 0. The molecule has 0 fully saturated rings. The molecule has 76 valence electrons. The van der Waals surface area contributed by atoms with Gasteiger partial charge in [-0.3, -0.25) is 9.98 Å². The zero-order valence-electron chi connectivity index (χ0n) is 7.94. The lowest BCUT2D eigenvalue weighted by Gasteiger charge is -2.04. The maximum Gasteiger partial charge on any atom is 0.0966 e. The Kier molecular flexibility index (Phi) is 4.40. The Morgan fingerprint density at radius 1 is 1.29 bits per heavy atom. The minimum atomic E-state index is 0. The molecule has 0 amide bonds. The standard InChI is InChI=1S/C10H13N3.ClH/c1-2-10(12-5-1)13-8-9-3-6-11-7-4-9;/h3-4,6-7H,1-2,5,8H2,(H,12,13);1H. The molecule has 0 saturated carbocycles. The van der Waals surface area contributed by atoms with Crippen molar-refractivity contribution in [3.63, 3.8) is 0 Å². The van der Waals surface area contributed by atoms with Crippen molar-refractivity contribution in [3.05, 3.63) is 30.1 Å². The number of rotatable bonds is 2. The molecular formula is C10H14ClN3. The number of aromatic nitrogens is 1. The maximum atomic E-state index is 4.34. The van der Waals surface area contributed by atoms with Crippen molar-refractivity contribution >= 4 is 18.2 Å². The zero-order valence-corrected chi connectivity index (χ0v) is 8.76. The Morgan fingerprint density at radius 2 is 2.07 bits per heavy atom. The van der Waals surface area contributed by atoms with E-state index in [9.17, 15) is 0 Å². The Bertz CT molecular complexity index is 297. The lowest BCUT2D eigenvalue weighted by atomic mass is 10.2. The lowest BCUT2D eigenvalue weighted by Crippen LogP contribution is -2.20. The highest BCUT2D eigenvalue weighted by molar-refractivity contribution is 5.85. The summed E-state index contributed by atoms with van der Waals surface area (Å²) in [7, 11) is 0. The first-order valence-electron chi connectivity index (χ1n) is 4.61. The SMILES string of the molecule is Cl.c1cc(CNC2=NCCC2)ccn1. The molecule has 2 rings (SSSR count). The van der Waals surface area contributed by atoms with Crippen LogP contribution in [0, 0.1) is 0 Å². The first kappa shape index (κ1) is 11.0. The first-order chi connectivity index (χ1) is 6.45. The van der Waals surface area contributed by atoms with Gasteiger partial charge in [0.2, 0.25) is 0 Å². The number of halogens is 1. The number of pyridine rings is 1. The summed E-state index contributed by atoms with van der Waals surface area (Å²) in [4.78, 5) is 8.31. The van der Waals surface area contributed by atoms with E-state index in [1.165, 1.54) is 12.0 Å². The molecular weight excluding hydrogens is 198 g/mol. The zero-order chi connectivity index (χ0) is 8.93. The number of hydrogen-bond donors (Lipinski definition) is 1. The van der Waals surface area contributed by atoms with E-state index in [1.54, 1.807) is 0 Å². The number of nitrogens with zero attached hydrogens (tertiary/aromatic N) is 2. The molecule has 0 aromatic carbocycles. The van der Waals surface area contributed by atoms with Crippen molar-refractivity contribution < 1.29 is 0 Å². The third-order valence-electron chi connectivity index (χ3n) is 2.12. The van der Waals surface area contributed by atoms with Crippen molar-refractivity contribution in [1.82, 2.24) is 10.3 Å². The normalized spacial score (nSPS) is 14.4. The smallest absolute Gasteiger partial charge is 0.0966 e. The van der Waals surface area contributed by atoms with Gasteiger partial charge in [0, 0.05) is 31.9 Å². The molecule has 14 heavy (non-hydrogen) atoms. The second kappa shape index (κ2) is 5.60. The Balaban J connectivity index is 0.000000980. The molecule has 1 N–H and O–H groups in total. The van der Waals surface area contributed by atoms with Crippen molar-refractivity contribution in [3.8, 4) is 0 Å². The lowest BCUT2D eigenvalue weighted by molar-refractivity contribution is 0.886. The highest BCUT2D eigenvalue weighted by Gasteiger charge is 2.04. The van der Waals surface area contributed by atoms with Crippen LogP contribution in [0.1, 0.15) is 18.4 Å². The number of aliphatic imine (C=N–C) groups is 1. The van der Waals surface area contributed by atoms with Gasteiger partial charge >= 0.3 is 0 Å². The summed E-state index contributed by atoms with van der Waals surface area (Å²) < 4.78 is 0.